The van der Waals surface area contributed by atoms with Gasteiger partial charge in [0.1, 0.15) is 11.5 Å². The number of hydrazone groups is 1. The summed E-state index contributed by atoms with van der Waals surface area (Å²) in [5.41, 5.74) is 4.42. The number of aromatic nitrogens is 1. The predicted octanol–water partition coefficient (Wildman–Crippen LogP) is 3.47. The van der Waals surface area contributed by atoms with Crippen LogP contribution in [0, 0.1) is 0 Å². The third-order valence-corrected chi connectivity index (χ3v) is 3.93. The summed E-state index contributed by atoms with van der Waals surface area (Å²) >= 11 is 0. The SMILES string of the molecule is COc1ccc(C=CC(=O)Oc2ccc(C=NNC(=O)c3cccnc3)cc2)cc1. The van der Waals surface area contributed by atoms with Gasteiger partial charge in [-0.05, 0) is 65.7 Å². The lowest BCUT2D eigenvalue weighted by molar-refractivity contribution is -0.128. The van der Waals surface area contributed by atoms with Gasteiger partial charge in [-0.2, -0.15) is 5.10 Å². The maximum atomic E-state index is 12.0. The van der Waals surface area contributed by atoms with Crippen LogP contribution in [0.1, 0.15) is 21.5 Å². The zero-order valence-corrected chi connectivity index (χ0v) is 16.2. The Kier molecular flexibility index (Phi) is 7.05. The molecule has 0 aliphatic heterocycles. The quantitative estimate of drug-likeness (QED) is 0.215. The molecule has 2 aromatic carbocycles. The van der Waals surface area contributed by atoms with Crippen molar-refractivity contribution in [2.45, 2.75) is 0 Å². The van der Waals surface area contributed by atoms with Crippen molar-refractivity contribution >= 4 is 24.2 Å². The number of rotatable bonds is 7. The number of esters is 1. The number of hydrogen-bond acceptors (Lipinski definition) is 6. The molecule has 0 aliphatic carbocycles. The van der Waals surface area contributed by atoms with Crippen molar-refractivity contribution in [2.75, 3.05) is 7.11 Å². The Morgan fingerprint density at radius 1 is 0.967 bits per heavy atom. The molecule has 0 spiro atoms. The lowest BCUT2D eigenvalue weighted by Gasteiger charge is -2.02. The lowest BCUT2D eigenvalue weighted by atomic mass is 10.2. The molecule has 150 valence electrons. The molecule has 7 nitrogen and oxygen atoms in total. The number of ether oxygens (including phenoxy) is 2. The smallest absolute Gasteiger partial charge is 0.336 e. The van der Waals surface area contributed by atoms with E-state index in [-0.39, 0.29) is 5.91 Å². The number of nitrogens with zero attached hydrogens (tertiary/aromatic N) is 2. The number of carbonyl (C=O) groups is 2. The monoisotopic (exact) mass is 401 g/mol. The first kappa shape index (κ1) is 20.5. The standard InChI is InChI=1S/C23H19N3O4/c1-29-20-9-4-17(5-10-20)8-13-22(27)30-21-11-6-18(7-12-21)15-25-26-23(28)19-3-2-14-24-16-19/h2-16H,1H3,(H,26,28). The molecule has 0 unspecified atom stereocenters. The lowest BCUT2D eigenvalue weighted by Crippen LogP contribution is -2.17. The molecule has 1 aromatic heterocycles. The average molecular weight is 401 g/mol. The summed E-state index contributed by atoms with van der Waals surface area (Å²) in [7, 11) is 1.60. The number of carbonyl (C=O) groups excluding carboxylic acids is 2. The van der Waals surface area contributed by atoms with Gasteiger partial charge in [-0.1, -0.05) is 12.1 Å². The van der Waals surface area contributed by atoms with E-state index in [1.54, 1.807) is 55.8 Å². The minimum Gasteiger partial charge on any atom is -0.497 e. The molecule has 1 N–H and O–H groups in total. The third-order valence-electron chi connectivity index (χ3n) is 3.93. The maximum absolute atomic E-state index is 12.0. The van der Waals surface area contributed by atoms with Crippen molar-refractivity contribution in [3.8, 4) is 11.5 Å². The van der Waals surface area contributed by atoms with Crippen molar-refractivity contribution in [1.82, 2.24) is 10.4 Å². The second-order valence-corrected chi connectivity index (χ2v) is 6.04. The predicted molar refractivity (Wildman–Crippen MR) is 113 cm³/mol. The molecule has 30 heavy (non-hydrogen) atoms. The minimum absolute atomic E-state index is 0.353. The molecule has 0 saturated carbocycles. The van der Waals surface area contributed by atoms with E-state index in [0.717, 1.165) is 16.9 Å². The van der Waals surface area contributed by atoms with Crippen molar-refractivity contribution in [3.05, 3.63) is 95.8 Å². The summed E-state index contributed by atoms with van der Waals surface area (Å²) < 4.78 is 10.4. The zero-order valence-electron chi connectivity index (χ0n) is 16.2. The molecule has 0 aliphatic rings. The molecular formula is C23H19N3O4. The van der Waals surface area contributed by atoms with Crippen LogP contribution in [0.5, 0.6) is 11.5 Å². The van der Waals surface area contributed by atoms with Gasteiger partial charge in [0.2, 0.25) is 0 Å². The summed E-state index contributed by atoms with van der Waals surface area (Å²) in [6.07, 6.45) is 7.54. The minimum atomic E-state index is -0.490. The average Bonchev–Trinajstić information content (AvgIpc) is 2.79. The largest absolute Gasteiger partial charge is 0.497 e. The van der Waals surface area contributed by atoms with Gasteiger partial charge in [0.15, 0.2) is 0 Å². The van der Waals surface area contributed by atoms with Crippen molar-refractivity contribution in [2.24, 2.45) is 5.10 Å². The third kappa shape index (κ3) is 6.13. The molecule has 0 radical (unpaired) electrons. The molecule has 0 saturated heterocycles. The van der Waals surface area contributed by atoms with Gasteiger partial charge in [-0.3, -0.25) is 9.78 Å². The molecule has 1 amide bonds. The summed E-state index contributed by atoms with van der Waals surface area (Å²) in [5.74, 6) is 0.301. The van der Waals surface area contributed by atoms with E-state index in [1.165, 1.54) is 18.5 Å². The van der Waals surface area contributed by atoms with E-state index >= 15 is 0 Å². The number of methoxy groups -OCH3 is 1. The maximum Gasteiger partial charge on any atom is 0.336 e. The van der Waals surface area contributed by atoms with Crippen LogP contribution >= 0.6 is 0 Å². The molecule has 0 bridgehead atoms. The van der Waals surface area contributed by atoms with E-state index in [1.807, 2.05) is 24.3 Å². The first-order valence-corrected chi connectivity index (χ1v) is 9.01. The number of nitrogens with one attached hydrogen (secondary N) is 1. The van der Waals surface area contributed by atoms with E-state index in [0.29, 0.717) is 11.3 Å². The highest BCUT2D eigenvalue weighted by Gasteiger charge is 2.03. The van der Waals surface area contributed by atoms with Crippen molar-refractivity contribution < 1.29 is 19.1 Å². The van der Waals surface area contributed by atoms with Gasteiger partial charge in [0.25, 0.3) is 5.91 Å². The molecule has 1 heterocycles. The summed E-state index contributed by atoms with van der Waals surface area (Å²) in [5, 5.41) is 3.90. The van der Waals surface area contributed by atoms with Crippen LogP contribution in [-0.4, -0.2) is 30.2 Å². The number of pyridine rings is 1. The number of hydrogen-bond donors (Lipinski definition) is 1. The molecule has 0 fully saturated rings. The first-order chi connectivity index (χ1) is 14.6. The van der Waals surface area contributed by atoms with E-state index in [4.69, 9.17) is 9.47 Å². The Labute approximate surface area is 173 Å². The molecular weight excluding hydrogens is 382 g/mol. The van der Waals surface area contributed by atoms with Crippen LogP contribution in [-0.2, 0) is 4.79 Å². The summed E-state index contributed by atoms with van der Waals surface area (Å²) in [6, 6.07) is 17.3. The normalized spacial score (nSPS) is 10.8. The second-order valence-electron chi connectivity index (χ2n) is 6.04. The highest BCUT2D eigenvalue weighted by molar-refractivity contribution is 5.94. The Morgan fingerprint density at radius 2 is 1.67 bits per heavy atom. The van der Waals surface area contributed by atoms with Crippen LogP contribution in [0.15, 0.2) is 84.2 Å². The molecule has 7 heteroatoms. The number of amides is 1. The van der Waals surface area contributed by atoms with Gasteiger partial charge in [-0.25, -0.2) is 10.2 Å². The topological polar surface area (TPSA) is 89.9 Å². The van der Waals surface area contributed by atoms with Gasteiger partial charge < -0.3 is 9.47 Å². The van der Waals surface area contributed by atoms with E-state index in [2.05, 4.69) is 15.5 Å². The Bertz CT molecular complexity index is 1040. The fraction of sp³-hybridized carbons (Fsp3) is 0.0435. The Hall–Kier alpha value is -4.26. The molecule has 3 aromatic rings. The van der Waals surface area contributed by atoms with E-state index < -0.39 is 5.97 Å². The van der Waals surface area contributed by atoms with Crippen LogP contribution < -0.4 is 14.9 Å². The first-order valence-electron chi connectivity index (χ1n) is 9.01. The highest BCUT2D eigenvalue weighted by atomic mass is 16.5. The van der Waals surface area contributed by atoms with Crippen LogP contribution in [0.25, 0.3) is 6.08 Å². The molecule has 0 atom stereocenters. The fourth-order valence-corrected chi connectivity index (χ4v) is 2.38. The van der Waals surface area contributed by atoms with Crippen LogP contribution in [0.2, 0.25) is 0 Å². The summed E-state index contributed by atoms with van der Waals surface area (Å²) in [6.45, 7) is 0. The van der Waals surface area contributed by atoms with Crippen LogP contribution in [0.3, 0.4) is 0 Å². The van der Waals surface area contributed by atoms with Gasteiger partial charge in [-0.15, -0.1) is 0 Å². The van der Waals surface area contributed by atoms with E-state index in [9.17, 15) is 9.59 Å². The number of benzene rings is 2. The Morgan fingerprint density at radius 3 is 2.33 bits per heavy atom. The highest BCUT2D eigenvalue weighted by Crippen LogP contribution is 2.14. The zero-order chi connectivity index (χ0) is 21.2. The van der Waals surface area contributed by atoms with Crippen molar-refractivity contribution in [1.29, 1.82) is 0 Å². The fourth-order valence-electron chi connectivity index (χ4n) is 2.38. The van der Waals surface area contributed by atoms with Crippen LogP contribution in [0.4, 0.5) is 0 Å². The molecule has 3 rings (SSSR count). The Balaban J connectivity index is 1.50. The van der Waals surface area contributed by atoms with Crippen molar-refractivity contribution in [3.63, 3.8) is 0 Å². The summed E-state index contributed by atoms with van der Waals surface area (Å²) in [4.78, 5) is 27.7. The second kappa shape index (κ2) is 10.3. The van der Waals surface area contributed by atoms with Gasteiger partial charge >= 0.3 is 5.97 Å². The van der Waals surface area contributed by atoms with Gasteiger partial charge in [0, 0.05) is 18.5 Å². The van der Waals surface area contributed by atoms with Gasteiger partial charge in [0.05, 0.1) is 18.9 Å².